The highest BCUT2D eigenvalue weighted by Crippen LogP contribution is 2.55. The van der Waals surface area contributed by atoms with E-state index in [1.807, 2.05) is 12.3 Å². The van der Waals surface area contributed by atoms with Crippen molar-refractivity contribution in [1.29, 1.82) is 10.5 Å². The molecule has 4 aromatic heterocycles. The highest BCUT2D eigenvalue weighted by atomic mass is 19.4. The monoisotopic (exact) mass is 584 g/mol. The summed E-state index contributed by atoms with van der Waals surface area (Å²) >= 11 is 0. The molecule has 0 bridgehead atoms. The maximum absolute atomic E-state index is 13.9. The van der Waals surface area contributed by atoms with Crippen molar-refractivity contribution in [2.75, 3.05) is 17.2 Å². The average molecular weight is 585 g/mol. The minimum Gasteiger partial charge on any atom is -0.383 e. The Balaban J connectivity index is 1.47. The molecule has 1 atom stereocenters. The minimum absolute atomic E-state index is 0.0623. The molecule has 0 unspecified atom stereocenters. The van der Waals surface area contributed by atoms with E-state index in [0.717, 1.165) is 4.68 Å². The van der Waals surface area contributed by atoms with Crippen LogP contribution in [0.5, 0.6) is 0 Å². The third-order valence-corrected chi connectivity index (χ3v) is 7.56. The number of pyridine rings is 2. The van der Waals surface area contributed by atoms with E-state index in [4.69, 9.17) is 0 Å². The number of nitrogens with zero attached hydrogens (tertiary/aromatic N) is 8. The van der Waals surface area contributed by atoms with E-state index < -0.39 is 17.8 Å². The molecule has 43 heavy (non-hydrogen) atoms. The van der Waals surface area contributed by atoms with Gasteiger partial charge in [0.2, 0.25) is 0 Å². The summed E-state index contributed by atoms with van der Waals surface area (Å²) < 4.78 is 44.4. The Morgan fingerprint density at radius 2 is 1.81 bits per heavy atom. The number of hydrogen-bond acceptors (Lipinski definition) is 8. The number of nitriles is 2. The molecule has 1 saturated carbocycles. The first-order chi connectivity index (χ1) is 20.4. The van der Waals surface area contributed by atoms with E-state index in [2.05, 4.69) is 63.8 Å². The topological polar surface area (TPSA) is 133 Å². The van der Waals surface area contributed by atoms with Gasteiger partial charge in [0, 0.05) is 42.4 Å². The molecule has 1 aliphatic rings. The van der Waals surface area contributed by atoms with Crippen molar-refractivity contribution in [3.63, 3.8) is 0 Å². The van der Waals surface area contributed by atoms with Crippen molar-refractivity contribution in [3.05, 3.63) is 77.6 Å². The lowest BCUT2D eigenvalue weighted by Crippen LogP contribution is -2.35. The molecule has 6 rings (SSSR count). The molecule has 0 radical (unpaired) electrons. The summed E-state index contributed by atoms with van der Waals surface area (Å²) in [7, 11) is 0. The van der Waals surface area contributed by atoms with Gasteiger partial charge in [0.25, 0.3) is 0 Å². The van der Waals surface area contributed by atoms with Crippen LogP contribution in [-0.2, 0) is 5.54 Å². The van der Waals surface area contributed by atoms with Crippen molar-refractivity contribution in [2.24, 2.45) is 5.41 Å². The Bertz CT molecular complexity index is 1930. The van der Waals surface area contributed by atoms with Gasteiger partial charge in [-0.05, 0) is 42.0 Å². The fourth-order valence-electron chi connectivity index (χ4n) is 5.08. The lowest BCUT2D eigenvalue weighted by molar-refractivity contribution is -0.182. The molecule has 0 saturated heterocycles. The molecule has 2 N–H and O–H groups in total. The normalized spacial score (nSPS) is 15.2. The lowest BCUT2D eigenvalue weighted by atomic mass is 9.96. The quantitative estimate of drug-likeness (QED) is 0.241. The molecule has 1 fully saturated rings. The van der Waals surface area contributed by atoms with Gasteiger partial charge in [0.1, 0.15) is 23.5 Å². The molecule has 5 aromatic rings. The van der Waals surface area contributed by atoms with E-state index in [0.29, 0.717) is 45.6 Å². The minimum atomic E-state index is -4.46. The van der Waals surface area contributed by atoms with Gasteiger partial charge >= 0.3 is 6.18 Å². The van der Waals surface area contributed by atoms with Gasteiger partial charge in [0.05, 0.1) is 34.6 Å². The number of aromatic nitrogens is 6. The molecule has 4 heterocycles. The van der Waals surface area contributed by atoms with E-state index >= 15 is 0 Å². The molecule has 0 aliphatic heterocycles. The standard InChI is InChI=1S/C30H27F3N10/c1-28(2,3)17-38-26-20(13-35)14-37-25-19(12-34)10-21(11-22(25)26)39-27(18-4-5-24-36-8-9-42(24)15-18)23-16-43(41-40-23)29(6-7-29)30(31,32)33/h4-5,8-11,14-16,27,39H,6-7,17H2,1-3H3,(H,37,38)/t27-/m0/s1. The third-order valence-electron chi connectivity index (χ3n) is 7.56. The molecule has 13 heteroatoms. The zero-order chi connectivity index (χ0) is 30.6. The van der Waals surface area contributed by atoms with Crippen LogP contribution in [-0.4, -0.2) is 42.1 Å². The Morgan fingerprint density at radius 1 is 1.05 bits per heavy atom. The number of hydrogen-bond donors (Lipinski definition) is 2. The van der Waals surface area contributed by atoms with Gasteiger partial charge in [-0.2, -0.15) is 23.7 Å². The summed E-state index contributed by atoms with van der Waals surface area (Å²) in [6.45, 7) is 6.73. The number of anilines is 2. The van der Waals surface area contributed by atoms with Crippen LogP contribution in [0.3, 0.4) is 0 Å². The zero-order valence-corrected chi connectivity index (χ0v) is 23.6. The number of imidazole rings is 1. The van der Waals surface area contributed by atoms with Crippen LogP contribution >= 0.6 is 0 Å². The van der Waals surface area contributed by atoms with Gasteiger partial charge in [-0.1, -0.05) is 32.1 Å². The van der Waals surface area contributed by atoms with Gasteiger partial charge in [-0.3, -0.25) is 4.98 Å². The summed E-state index contributed by atoms with van der Waals surface area (Å²) in [5.41, 5.74) is 1.54. The zero-order valence-electron chi connectivity index (χ0n) is 23.6. The Morgan fingerprint density at radius 3 is 2.49 bits per heavy atom. The fraction of sp³-hybridized carbons (Fsp3) is 0.333. The summed E-state index contributed by atoms with van der Waals surface area (Å²) in [5.74, 6) is 0. The van der Waals surface area contributed by atoms with Crippen molar-refractivity contribution in [2.45, 2.75) is 51.4 Å². The maximum atomic E-state index is 13.9. The number of nitrogens with one attached hydrogen (secondary N) is 2. The molecular formula is C30H27F3N10. The van der Waals surface area contributed by atoms with Crippen molar-refractivity contribution < 1.29 is 13.2 Å². The number of halogens is 3. The SMILES string of the molecule is CC(C)(C)CNc1c(C#N)cnc2c(C#N)cc(N[C@@H](c3ccc4nccn4c3)c3cn(C4(C(F)(F)F)CC4)nn3)cc12. The summed E-state index contributed by atoms with van der Waals surface area (Å²) in [5, 5.41) is 35.2. The van der Waals surface area contributed by atoms with E-state index in [1.165, 1.54) is 12.4 Å². The van der Waals surface area contributed by atoms with Crippen LogP contribution in [0.1, 0.15) is 62.0 Å². The Hall–Kier alpha value is -5.17. The summed E-state index contributed by atoms with van der Waals surface area (Å²) in [4.78, 5) is 8.67. The van der Waals surface area contributed by atoms with Crippen LogP contribution in [0.15, 0.2) is 55.2 Å². The molecule has 218 valence electrons. The first-order valence-corrected chi connectivity index (χ1v) is 13.6. The summed E-state index contributed by atoms with van der Waals surface area (Å²) in [6.07, 6.45) is 3.41. The number of benzene rings is 1. The molecule has 0 amide bonds. The molecular weight excluding hydrogens is 557 g/mol. The van der Waals surface area contributed by atoms with Gasteiger partial charge in [0.15, 0.2) is 5.54 Å². The predicted molar refractivity (Wildman–Crippen MR) is 153 cm³/mol. The van der Waals surface area contributed by atoms with Crippen LogP contribution < -0.4 is 10.6 Å². The first-order valence-electron chi connectivity index (χ1n) is 13.6. The van der Waals surface area contributed by atoms with Gasteiger partial charge in [-0.25, -0.2) is 9.67 Å². The van der Waals surface area contributed by atoms with Crippen LogP contribution in [0.2, 0.25) is 0 Å². The smallest absolute Gasteiger partial charge is 0.383 e. The second kappa shape index (κ2) is 9.98. The van der Waals surface area contributed by atoms with Gasteiger partial charge < -0.3 is 15.0 Å². The van der Waals surface area contributed by atoms with Crippen LogP contribution in [0.4, 0.5) is 24.5 Å². The lowest BCUT2D eigenvalue weighted by Gasteiger charge is -2.22. The largest absolute Gasteiger partial charge is 0.413 e. The number of alkyl halides is 3. The van der Waals surface area contributed by atoms with E-state index in [9.17, 15) is 23.7 Å². The highest BCUT2D eigenvalue weighted by molar-refractivity contribution is 5.99. The van der Waals surface area contributed by atoms with Crippen molar-refractivity contribution >= 4 is 27.9 Å². The Kier molecular flexibility index (Phi) is 6.49. The van der Waals surface area contributed by atoms with Crippen LogP contribution in [0.25, 0.3) is 16.6 Å². The van der Waals surface area contributed by atoms with E-state index in [-0.39, 0.29) is 29.5 Å². The molecule has 1 aromatic carbocycles. The second-order valence-corrected chi connectivity index (χ2v) is 12.0. The third kappa shape index (κ3) is 5.07. The fourth-order valence-corrected chi connectivity index (χ4v) is 5.08. The number of rotatable bonds is 7. The molecule has 0 spiro atoms. The van der Waals surface area contributed by atoms with Gasteiger partial charge in [-0.15, -0.1) is 5.10 Å². The average Bonchev–Trinajstić information content (AvgIpc) is 3.42. The highest BCUT2D eigenvalue weighted by Gasteiger charge is 2.66. The van der Waals surface area contributed by atoms with Crippen molar-refractivity contribution in [1.82, 2.24) is 29.4 Å². The van der Waals surface area contributed by atoms with Crippen LogP contribution in [0, 0.1) is 28.1 Å². The number of fused-ring (bicyclic) bond motifs is 2. The molecule has 1 aliphatic carbocycles. The van der Waals surface area contributed by atoms with Crippen molar-refractivity contribution in [3.8, 4) is 12.1 Å². The molecule has 10 nitrogen and oxygen atoms in total. The second-order valence-electron chi connectivity index (χ2n) is 12.0. The predicted octanol–water partition coefficient (Wildman–Crippen LogP) is 5.93. The summed E-state index contributed by atoms with van der Waals surface area (Å²) in [6, 6.07) is 10.6. The maximum Gasteiger partial charge on any atom is 0.413 e. The van der Waals surface area contributed by atoms with E-state index in [1.54, 1.807) is 35.0 Å². The first kappa shape index (κ1) is 28.0. The Labute approximate surface area is 244 Å².